The first-order valence-corrected chi connectivity index (χ1v) is 9.61. The Bertz CT molecular complexity index is 648. The lowest BCUT2D eigenvalue weighted by molar-refractivity contribution is 0.0568. The molecule has 0 saturated heterocycles. The van der Waals surface area contributed by atoms with Gasteiger partial charge in [-0.1, -0.05) is 28.9 Å². The van der Waals surface area contributed by atoms with E-state index in [4.69, 9.17) is 15.5 Å². The van der Waals surface area contributed by atoms with Gasteiger partial charge >= 0.3 is 0 Å². The summed E-state index contributed by atoms with van der Waals surface area (Å²) in [5, 5.41) is 0. The second-order valence-electron chi connectivity index (χ2n) is 6.74. The molecule has 24 heavy (non-hydrogen) atoms. The van der Waals surface area contributed by atoms with Crippen LogP contribution in [0.25, 0.3) is 0 Å². The van der Waals surface area contributed by atoms with E-state index in [0.29, 0.717) is 17.9 Å². The molecule has 0 aromatic heterocycles. The SMILES string of the molecule is CCC1=NC(c2cc(Br)ccc2C[C@H]2CC[C@@H](OC)CC2)N=C1N. The van der Waals surface area contributed by atoms with Crippen molar-refractivity contribution in [3.63, 3.8) is 0 Å². The van der Waals surface area contributed by atoms with Gasteiger partial charge in [0, 0.05) is 17.1 Å². The van der Waals surface area contributed by atoms with Crippen LogP contribution >= 0.6 is 15.9 Å². The average Bonchev–Trinajstić information content (AvgIpc) is 2.98. The highest BCUT2D eigenvalue weighted by Gasteiger charge is 2.25. The highest BCUT2D eigenvalue weighted by atomic mass is 79.9. The van der Waals surface area contributed by atoms with Gasteiger partial charge in [-0.25, -0.2) is 4.99 Å². The van der Waals surface area contributed by atoms with Crippen molar-refractivity contribution in [3.8, 4) is 0 Å². The summed E-state index contributed by atoms with van der Waals surface area (Å²) >= 11 is 3.59. The Morgan fingerprint density at radius 3 is 2.58 bits per heavy atom. The molecule has 1 aromatic rings. The maximum atomic E-state index is 6.01. The second kappa shape index (κ2) is 7.79. The first-order valence-electron chi connectivity index (χ1n) is 8.82. The van der Waals surface area contributed by atoms with Crippen molar-refractivity contribution in [1.82, 2.24) is 0 Å². The van der Waals surface area contributed by atoms with Crippen LogP contribution in [0.4, 0.5) is 0 Å². The molecule has 0 bridgehead atoms. The molecule has 0 amide bonds. The lowest BCUT2D eigenvalue weighted by Gasteiger charge is -2.28. The fourth-order valence-corrected chi connectivity index (χ4v) is 4.11. The van der Waals surface area contributed by atoms with Crippen LogP contribution in [0.5, 0.6) is 0 Å². The van der Waals surface area contributed by atoms with E-state index in [2.05, 4.69) is 46.0 Å². The van der Waals surface area contributed by atoms with Crippen molar-refractivity contribution >= 4 is 27.5 Å². The van der Waals surface area contributed by atoms with E-state index in [-0.39, 0.29) is 6.17 Å². The van der Waals surface area contributed by atoms with Gasteiger partial charge in [0.15, 0.2) is 6.17 Å². The monoisotopic (exact) mass is 391 g/mol. The molecule has 0 radical (unpaired) electrons. The summed E-state index contributed by atoms with van der Waals surface area (Å²) in [5.74, 6) is 1.31. The number of nitrogens with two attached hydrogens (primary N) is 1. The molecule has 2 N–H and O–H groups in total. The summed E-state index contributed by atoms with van der Waals surface area (Å²) in [6.45, 7) is 2.07. The van der Waals surface area contributed by atoms with Crippen LogP contribution in [-0.4, -0.2) is 24.8 Å². The maximum absolute atomic E-state index is 6.01. The predicted octanol–water partition coefficient (Wildman–Crippen LogP) is 4.42. The zero-order valence-corrected chi connectivity index (χ0v) is 16.1. The lowest BCUT2D eigenvalue weighted by Crippen LogP contribution is -2.22. The van der Waals surface area contributed by atoms with Crippen LogP contribution in [0.1, 0.15) is 56.3 Å². The van der Waals surface area contributed by atoms with Gasteiger partial charge in [-0.3, -0.25) is 4.99 Å². The van der Waals surface area contributed by atoms with Gasteiger partial charge in [-0.05, 0) is 62.1 Å². The molecule has 4 nitrogen and oxygen atoms in total. The Morgan fingerprint density at radius 2 is 1.96 bits per heavy atom. The highest BCUT2D eigenvalue weighted by molar-refractivity contribution is 9.10. The van der Waals surface area contributed by atoms with Crippen molar-refractivity contribution < 1.29 is 4.74 Å². The topological polar surface area (TPSA) is 60.0 Å². The smallest absolute Gasteiger partial charge is 0.168 e. The molecular formula is C19H26BrN3O. The van der Waals surface area contributed by atoms with E-state index in [1.54, 1.807) is 0 Å². The third-order valence-corrected chi connectivity index (χ3v) is 5.69. The molecule has 3 rings (SSSR count). The summed E-state index contributed by atoms with van der Waals surface area (Å²) in [5.41, 5.74) is 9.47. The summed E-state index contributed by atoms with van der Waals surface area (Å²) in [4.78, 5) is 9.31. The number of aliphatic imine (C=N–C) groups is 2. The number of hydrogen-bond acceptors (Lipinski definition) is 4. The van der Waals surface area contributed by atoms with E-state index in [0.717, 1.165) is 23.0 Å². The molecule has 1 aliphatic carbocycles. The van der Waals surface area contributed by atoms with E-state index in [9.17, 15) is 0 Å². The Hall–Kier alpha value is -1.20. The van der Waals surface area contributed by atoms with Crippen LogP contribution in [0.15, 0.2) is 32.7 Å². The van der Waals surface area contributed by atoms with Crippen molar-refractivity contribution in [2.24, 2.45) is 21.6 Å². The fraction of sp³-hybridized carbons (Fsp3) is 0.579. The molecular weight excluding hydrogens is 366 g/mol. The maximum Gasteiger partial charge on any atom is 0.168 e. The summed E-state index contributed by atoms with van der Waals surface area (Å²) < 4.78 is 6.56. The van der Waals surface area contributed by atoms with E-state index in [1.807, 2.05) is 7.11 Å². The molecule has 0 spiro atoms. The number of methoxy groups -OCH3 is 1. The lowest BCUT2D eigenvalue weighted by atomic mass is 9.82. The molecule has 1 aromatic carbocycles. The fourth-order valence-electron chi connectivity index (χ4n) is 3.74. The molecule has 1 fully saturated rings. The number of benzene rings is 1. The van der Waals surface area contributed by atoms with E-state index in [1.165, 1.54) is 36.8 Å². The molecule has 1 atom stereocenters. The molecule has 1 unspecified atom stereocenters. The standard InChI is InChI=1S/C19H26BrN3O/c1-3-17-18(21)23-19(22-17)16-11-14(20)7-6-13(16)10-12-4-8-15(24-2)9-5-12/h6-7,11-12,15,19H,3-5,8-10H2,1-2H3,(H2,21,23)/t12-,15+,19?. The number of hydrogen-bond donors (Lipinski definition) is 1. The number of ether oxygens (including phenoxy) is 1. The molecule has 1 heterocycles. The molecule has 1 saturated carbocycles. The Morgan fingerprint density at radius 1 is 1.21 bits per heavy atom. The Kier molecular flexibility index (Phi) is 5.72. The third kappa shape index (κ3) is 3.89. The van der Waals surface area contributed by atoms with Crippen molar-refractivity contribution in [1.29, 1.82) is 0 Å². The minimum absolute atomic E-state index is 0.178. The van der Waals surface area contributed by atoms with Crippen molar-refractivity contribution in [2.45, 2.75) is 57.7 Å². The first kappa shape index (κ1) is 17.6. The van der Waals surface area contributed by atoms with E-state index < -0.39 is 0 Å². The average molecular weight is 392 g/mol. The van der Waals surface area contributed by atoms with Gasteiger partial charge in [-0.2, -0.15) is 0 Å². The summed E-state index contributed by atoms with van der Waals surface area (Å²) in [6, 6.07) is 6.48. The highest BCUT2D eigenvalue weighted by Crippen LogP contribution is 2.34. The van der Waals surface area contributed by atoms with Gasteiger partial charge in [0.2, 0.25) is 0 Å². The van der Waals surface area contributed by atoms with Crippen molar-refractivity contribution in [2.75, 3.05) is 7.11 Å². The number of rotatable bonds is 5. The number of halogens is 1. The van der Waals surface area contributed by atoms with Gasteiger partial charge in [0.25, 0.3) is 0 Å². The van der Waals surface area contributed by atoms with Crippen LogP contribution < -0.4 is 5.73 Å². The zero-order valence-electron chi connectivity index (χ0n) is 14.5. The van der Waals surface area contributed by atoms with Crippen LogP contribution in [0.2, 0.25) is 0 Å². The second-order valence-corrected chi connectivity index (χ2v) is 7.66. The van der Waals surface area contributed by atoms with Gasteiger partial charge in [0.05, 0.1) is 11.8 Å². The largest absolute Gasteiger partial charge is 0.382 e. The Balaban J connectivity index is 1.79. The summed E-state index contributed by atoms with van der Waals surface area (Å²) in [7, 11) is 1.82. The van der Waals surface area contributed by atoms with Gasteiger partial charge < -0.3 is 10.5 Å². The minimum atomic E-state index is -0.178. The number of nitrogens with zero attached hydrogens (tertiary/aromatic N) is 2. The quantitative estimate of drug-likeness (QED) is 0.807. The van der Waals surface area contributed by atoms with Gasteiger partial charge in [0.1, 0.15) is 5.84 Å². The van der Waals surface area contributed by atoms with E-state index >= 15 is 0 Å². The van der Waals surface area contributed by atoms with Gasteiger partial charge in [-0.15, -0.1) is 0 Å². The normalized spacial score (nSPS) is 27.0. The number of amidine groups is 1. The van der Waals surface area contributed by atoms with Crippen LogP contribution in [0, 0.1) is 5.92 Å². The molecule has 2 aliphatic rings. The Labute approximate surface area is 152 Å². The van der Waals surface area contributed by atoms with Crippen LogP contribution in [-0.2, 0) is 11.2 Å². The first-order chi connectivity index (χ1) is 11.6. The molecule has 5 heteroatoms. The predicted molar refractivity (Wildman–Crippen MR) is 103 cm³/mol. The zero-order chi connectivity index (χ0) is 17.1. The minimum Gasteiger partial charge on any atom is -0.382 e. The third-order valence-electron chi connectivity index (χ3n) is 5.19. The summed E-state index contributed by atoms with van der Waals surface area (Å²) in [6.07, 6.45) is 6.97. The molecule has 1 aliphatic heterocycles. The van der Waals surface area contributed by atoms with Crippen molar-refractivity contribution in [3.05, 3.63) is 33.8 Å². The van der Waals surface area contributed by atoms with Crippen LogP contribution in [0.3, 0.4) is 0 Å². The molecule has 130 valence electrons.